The van der Waals surface area contributed by atoms with Gasteiger partial charge in [0.1, 0.15) is 17.4 Å². The van der Waals surface area contributed by atoms with Crippen molar-refractivity contribution in [1.29, 1.82) is 5.26 Å². The number of halogens is 1. The second-order valence-electron chi connectivity index (χ2n) is 3.79. The summed E-state index contributed by atoms with van der Waals surface area (Å²) >= 11 is 0. The molecular weight excluding hydrogens is 261 g/mol. The summed E-state index contributed by atoms with van der Waals surface area (Å²) in [5.41, 5.74) is 2.77. The molecule has 0 atom stereocenters. The predicted octanol–water partition coefficient (Wildman–Crippen LogP) is 1.63. The molecule has 4 N–H and O–H groups in total. The fraction of sp³-hybridized carbons (Fsp3) is 0. The van der Waals surface area contributed by atoms with E-state index in [9.17, 15) is 9.18 Å². The van der Waals surface area contributed by atoms with Crippen molar-refractivity contribution in [1.82, 2.24) is 4.98 Å². The second kappa shape index (κ2) is 5.77. The first-order valence-electron chi connectivity index (χ1n) is 5.58. The molecule has 1 heterocycles. The lowest BCUT2D eigenvalue weighted by molar-refractivity contribution is 0.102. The fourth-order valence-electron chi connectivity index (χ4n) is 1.63. The third-order valence-electron chi connectivity index (χ3n) is 2.59. The quantitative estimate of drug-likeness (QED) is 0.581. The Hall–Kier alpha value is -2.98. The van der Waals surface area contributed by atoms with Gasteiger partial charge in [0, 0.05) is 12.4 Å². The van der Waals surface area contributed by atoms with Crippen LogP contribution in [0.4, 0.5) is 15.8 Å². The van der Waals surface area contributed by atoms with Crippen LogP contribution in [0.15, 0.2) is 36.7 Å². The summed E-state index contributed by atoms with van der Waals surface area (Å²) in [5.74, 6) is 4.04. The highest BCUT2D eigenvalue weighted by Crippen LogP contribution is 2.20. The normalized spacial score (nSPS) is 9.65. The summed E-state index contributed by atoms with van der Waals surface area (Å²) in [4.78, 5) is 15.9. The number of nitriles is 1. The van der Waals surface area contributed by atoms with Crippen LogP contribution < -0.4 is 16.6 Å². The van der Waals surface area contributed by atoms with Crippen LogP contribution in [0.3, 0.4) is 0 Å². The topological polar surface area (TPSA) is 104 Å². The summed E-state index contributed by atoms with van der Waals surface area (Å²) in [6.45, 7) is 0. The minimum atomic E-state index is -0.700. The smallest absolute Gasteiger partial charge is 0.259 e. The van der Waals surface area contributed by atoms with Crippen LogP contribution in [0.25, 0.3) is 0 Å². The van der Waals surface area contributed by atoms with Crippen LogP contribution in [-0.4, -0.2) is 10.9 Å². The average molecular weight is 271 g/mol. The van der Waals surface area contributed by atoms with E-state index >= 15 is 0 Å². The van der Waals surface area contributed by atoms with Crippen molar-refractivity contribution in [2.75, 3.05) is 10.7 Å². The molecular formula is C13H10FN5O. The van der Waals surface area contributed by atoms with Gasteiger partial charge in [-0.1, -0.05) is 6.07 Å². The van der Waals surface area contributed by atoms with E-state index in [-0.39, 0.29) is 16.8 Å². The van der Waals surface area contributed by atoms with E-state index in [2.05, 4.69) is 15.7 Å². The molecule has 0 saturated heterocycles. The molecule has 100 valence electrons. The summed E-state index contributed by atoms with van der Waals surface area (Å²) in [5, 5.41) is 11.4. The van der Waals surface area contributed by atoms with E-state index in [0.29, 0.717) is 5.69 Å². The van der Waals surface area contributed by atoms with Crippen LogP contribution in [0.2, 0.25) is 0 Å². The molecule has 0 radical (unpaired) electrons. The summed E-state index contributed by atoms with van der Waals surface area (Å²) < 4.78 is 13.4. The SMILES string of the molecule is N#Cc1c(F)cccc1NC(=O)c1cnccc1NN. The molecule has 7 heteroatoms. The van der Waals surface area contributed by atoms with Gasteiger partial charge in [0.05, 0.1) is 16.9 Å². The van der Waals surface area contributed by atoms with Crippen molar-refractivity contribution in [3.63, 3.8) is 0 Å². The maximum Gasteiger partial charge on any atom is 0.259 e. The van der Waals surface area contributed by atoms with Gasteiger partial charge in [-0.25, -0.2) is 4.39 Å². The molecule has 0 aliphatic heterocycles. The summed E-state index contributed by atoms with van der Waals surface area (Å²) in [6.07, 6.45) is 2.78. The van der Waals surface area contributed by atoms with Gasteiger partial charge in [0.15, 0.2) is 0 Å². The van der Waals surface area contributed by atoms with E-state index in [0.717, 1.165) is 6.07 Å². The highest BCUT2D eigenvalue weighted by Gasteiger charge is 2.14. The molecule has 2 aromatic rings. The second-order valence-corrected chi connectivity index (χ2v) is 3.79. The summed E-state index contributed by atoms with van der Waals surface area (Å²) in [7, 11) is 0. The van der Waals surface area contributed by atoms with E-state index in [4.69, 9.17) is 11.1 Å². The number of nitrogen functional groups attached to an aromatic ring is 1. The third kappa shape index (κ3) is 2.55. The van der Waals surface area contributed by atoms with Gasteiger partial charge < -0.3 is 10.7 Å². The minimum Gasteiger partial charge on any atom is -0.323 e. The lowest BCUT2D eigenvalue weighted by Crippen LogP contribution is -2.18. The van der Waals surface area contributed by atoms with Gasteiger partial charge in [-0.15, -0.1) is 0 Å². The molecule has 20 heavy (non-hydrogen) atoms. The molecule has 1 aromatic carbocycles. The van der Waals surface area contributed by atoms with Crippen LogP contribution in [0.1, 0.15) is 15.9 Å². The number of nitrogens with two attached hydrogens (primary N) is 1. The number of nitrogens with one attached hydrogen (secondary N) is 2. The zero-order chi connectivity index (χ0) is 14.5. The Bertz CT molecular complexity index is 695. The molecule has 1 aromatic heterocycles. The third-order valence-corrected chi connectivity index (χ3v) is 2.59. The number of anilines is 2. The first-order valence-corrected chi connectivity index (χ1v) is 5.58. The largest absolute Gasteiger partial charge is 0.323 e. The number of hydrogen-bond donors (Lipinski definition) is 3. The molecule has 0 spiro atoms. The number of hydrazine groups is 1. The van der Waals surface area contributed by atoms with Gasteiger partial charge in [-0.3, -0.25) is 15.6 Å². The molecule has 2 rings (SSSR count). The maximum atomic E-state index is 13.4. The van der Waals surface area contributed by atoms with Gasteiger partial charge >= 0.3 is 0 Å². The number of pyridine rings is 1. The predicted molar refractivity (Wildman–Crippen MR) is 71.1 cm³/mol. The number of hydrogen-bond acceptors (Lipinski definition) is 5. The van der Waals surface area contributed by atoms with Gasteiger partial charge in [0.2, 0.25) is 0 Å². The highest BCUT2D eigenvalue weighted by molar-refractivity contribution is 6.08. The lowest BCUT2D eigenvalue weighted by atomic mass is 10.1. The fourth-order valence-corrected chi connectivity index (χ4v) is 1.63. The highest BCUT2D eigenvalue weighted by atomic mass is 19.1. The molecule has 1 amide bonds. The number of benzene rings is 1. The monoisotopic (exact) mass is 271 g/mol. The Kier molecular flexibility index (Phi) is 3.88. The molecule has 0 fully saturated rings. The van der Waals surface area contributed by atoms with Gasteiger partial charge in [0.25, 0.3) is 5.91 Å². The number of carbonyl (C=O) groups excluding carboxylic acids is 1. The number of rotatable bonds is 3. The van der Waals surface area contributed by atoms with Crippen molar-refractivity contribution in [2.45, 2.75) is 0 Å². The van der Waals surface area contributed by atoms with E-state index in [1.807, 2.05) is 0 Å². The molecule has 6 nitrogen and oxygen atoms in total. The molecule has 0 saturated carbocycles. The maximum absolute atomic E-state index is 13.4. The first kappa shape index (κ1) is 13.5. The summed E-state index contributed by atoms with van der Waals surface area (Å²) in [6, 6.07) is 7.20. The Balaban J connectivity index is 2.34. The number of aromatic nitrogens is 1. The van der Waals surface area contributed by atoms with Crippen molar-refractivity contribution in [2.24, 2.45) is 5.84 Å². The number of carbonyl (C=O) groups is 1. The van der Waals surface area contributed by atoms with Crippen LogP contribution in [0, 0.1) is 17.1 Å². The molecule has 0 unspecified atom stereocenters. The molecule has 0 bridgehead atoms. The van der Waals surface area contributed by atoms with E-state index in [1.165, 1.54) is 30.6 Å². The number of amides is 1. The Labute approximate surface area is 114 Å². The van der Waals surface area contributed by atoms with Crippen LogP contribution in [0.5, 0.6) is 0 Å². The number of nitrogens with zero attached hydrogens (tertiary/aromatic N) is 2. The van der Waals surface area contributed by atoms with Crippen LogP contribution in [-0.2, 0) is 0 Å². The van der Waals surface area contributed by atoms with Gasteiger partial charge in [-0.05, 0) is 18.2 Å². The Morgan fingerprint density at radius 3 is 2.85 bits per heavy atom. The molecule has 0 aliphatic carbocycles. The van der Waals surface area contributed by atoms with E-state index in [1.54, 1.807) is 6.07 Å². The Morgan fingerprint density at radius 2 is 2.15 bits per heavy atom. The van der Waals surface area contributed by atoms with Crippen LogP contribution >= 0.6 is 0 Å². The standard InChI is InChI=1S/C13H10FN5O/c14-10-2-1-3-11(8(10)6-15)18-13(20)9-7-17-5-4-12(9)19-16/h1-5,7H,16H2,(H,17,19)(H,18,20). The Morgan fingerprint density at radius 1 is 1.35 bits per heavy atom. The van der Waals surface area contributed by atoms with Crippen molar-refractivity contribution in [3.8, 4) is 6.07 Å². The van der Waals surface area contributed by atoms with Crippen molar-refractivity contribution >= 4 is 17.3 Å². The zero-order valence-corrected chi connectivity index (χ0v) is 10.2. The zero-order valence-electron chi connectivity index (χ0n) is 10.2. The van der Waals surface area contributed by atoms with Crippen molar-refractivity contribution in [3.05, 3.63) is 53.6 Å². The van der Waals surface area contributed by atoms with E-state index < -0.39 is 11.7 Å². The van der Waals surface area contributed by atoms with Gasteiger partial charge in [-0.2, -0.15) is 5.26 Å². The average Bonchev–Trinajstić information content (AvgIpc) is 2.47. The lowest BCUT2D eigenvalue weighted by Gasteiger charge is -2.10. The minimum absolute atomic E-state index is 0.0873. The molecule has 0 aliphatic rings. The first-order chi connectivity index (χ1) is 9.67. The van der Waals surface area contributed by atoms with Crippen molar-refractivity contribution < 1.29 is 9.18 Å².